The van der Waals surface area contributed by atoms with Crippen LogP contribution in [-0.4, -0.2) is 22.7 Å². The number of ether oxygens (including phenoxy) is 1. The van der Waals surface area contributed by atoms with Crippen molar-refractivity contribution < 1.29 is 9.53 Å². The summed E-state index contributed by atoms with van der Waals surface area (Å²) >= 11 is 1.46. The largest absolute Gasteiger partial charge is 0.494 e. The van der Waals surface area contributed by atoms with Crippen molar-refractivity contribution >= 4 is 22.4 Å². The smallest absolute Gasteiger partial charge is 0.226 e. The zero-order chi connectivity index (χ0) is 19.7. The molecule has 5 nitrogen and oxygen atoms in total. The topological polar surface area (TPSA) is 64.1 Å². The molecular formula is C21H31N3O2S. The molecule has 27 heavy (non-hydrogen) atoms. The first-order valence-corrected chi connectivity index (χ1v) is 10.6. The van der Waals surface area contributed by atoms with E-state index in [4.69, 9.17) is 4.74 Å². The van der Waals surface area contributed by atoms with E-state index in [1.54, 1.807) is 0 Å². The predicted octanol–water partition coefficient (Wildman–Crippen LogP) is 5.37. The van der Waals surface area contributed by atoms with Crippen LogP contribution >= 0.6 is 11.3 Å². The summed E-state index contributed by atoms with van der Waals surface area (Å²) < 4.78 is 5.75. The summed E-state index contributed by atoms with van der Waals surface area (Å²) in [5.74, 6) is 0.799. The average molecular weight is 390 g/mol. The Hall–Kier alpha value is -1.95. The van der Waals surface area contributed by atoms with Crippen molar-refractivity contribution in [3.8, 4) is 5.75 Å². The zero-order valence-electron chi connectivity index (χ0n) is 16.9. The van der Waals surface area contributed by atoms with Gasteiger partial charge in [-0.25, -0.2) is 0 Å². The molecule has 0 bridgehead atoms. The van der Waals surface area contributed by atoms with E-state index in [0.717, 1.165) is 36.4 Å². The molecule has 0 fully saturated rings. The van der Waals surface area contributed by atoms with Crippen molar-refractivity contribution in [1.29, 1.82) is 0 Å². The van der Waals surface area contributed by atoms with Gasteiger partial charge in [0.1, 0.15) is 10.8 Å². The van der Waals surface area contributed by atoms with Crippen molar-refractivity contribution in [2.75, 3.05) is 11.9 Å². The first-order chi connectivity index (χ1) is 12.9. The van der Waals surface area contributed by atoms with Gasteiger partial charge in [0, 0.05) is 12.8 Å². The molecule has 148 valence electrons. The highest BCUT2D eigenvalue weighted by Crippen LogP contribution is 2.28. The van der Waals surface area contributed by atoms with Crippen LogP contribution in [0.15, 0.2) is 24.3 Å². The Morgan fingerprint density at radius 1 is 1.15 bits per heavy atom. The van der Waals surface area contributed by atoms with E-state index in [1.807, 2.05) is 12.1 Å². The van der Waals surface area contributed by atoms with Gasteiger partial charge in [-0.15, -0.1) is 10.2 Å². The summed E-state index contributed by atoms with van der Waals surface area (Å²) in [4.78, 5) is 12.0. The third-order valence-electron chi connectivity index (χ3n) is 4.79. The van der Waals surface area contributed by atoms with Crippen LogP contribution < -0.4 is 10.1 Å². The summed E-state index contributed by atoms with van der Waals surface area (Å²) in [5.41, 5.74) is 1.49. The molecule has 0 aliphatic heterocycles. The standard InChI is InChI=1S/C21H31N3O2S/c1-5-7-10-19-23-24-20(27-19)22-18(25)9-8-15-26-17-13-11-16(12-14-17)21(3,4)6-2/h11-14H,5-10,15H2,1-4H3,(H,22,24,25). The Kier molecular flexibility index (Phi) is 8.23. The van der Waals surface area contributed by atoms with Gasteiger partial charge in [-0.2, -0.15) is 0 Å². The highest BCUT2D eigenvalue weighted by Gasteiger charge is 2.17. The molecule has 1 N–H and O–H groups in total. The first-order valence-electron chi connectivity index (χ1n) is 9.80. The minimum atomic E-state index is -0.0446. The monoisotopic (exact) mass is 389 g/mol. The van der Waals surface area contributed by atoms with Crippen molar-refractivity contribution in [1.82, 2.24) is 10.2 Å². The SMILES string of the molecule is CCCCc1nnc(NC(=O)CCCOc2ccc(C(C)(C)CC)cc2)s1. The lowest BCUT2D eigenvalue weighted by Gasteiger charge is -2.23. The molecule has 0 atom stereocenters. The molecule has 0 unspecified atom stereocenters. The van der Waals surface area contributed by atoms with Crippen LogP contribution in [0.5, 0.6) is 5.75 Å². The maximum atomic E-state index is 12.0. The Bertz CT molecular complexity index is 710. The molecule has 1 heterocycles. The second-order valence-electron chi connectivity index (χ2n) is 7.37. The van der Waals surface area contributed by atoms with Crippen molar-refractivity contribution in [3.63, 3.8) is 0 Å². The third-order valence-corrected chi connectivity index (χ3v) is 5.69. The molecule has 0 saturated carbocycles. The minimum absolute atomic E-state index is 0.0446. The fraction of sp³-hybridized carbons (Fsp3) is 0.571. The number of rotatable bonds is 11. The van der Waals surface area contributed by atoms with Gasteiger partial charge in [0.15, 0.2) is 0 Å². The second kappa shape index (κ2) is 10.4. The van der Waals surface area contributed by atoms with E-state index in [2.05, 4.69) is 55.3 Å². The number of amides is 1. The summed E-state index contributed by atoms with van der Waals surface area (Å²) in [6.07, 6.45) is 5.31. The third kappa shape index (κ3) is 6.94. The summed E-state index contributed by atoms with van der Waals surface area (Å²) in [6, 6.07) is 8.26. The number of hydrogen-bond donors (Lipinski definition) is 1. The van der Waals surface area contributed by atoms with E-state index >= 15 is 0 Å². The van der Waals surface area contributed by atoms with Gasteiger partial charge >= 0.3 is 0 Å². The van der Waals surface area contributed by atoms with Crippen LogP contribution in [0.3, 0.4) is 0 Å². The van der Waals surface area contributed by atoms with E-state index in [0.29, 0.717) is 24.6 Å². The summed E-state index contributed by atoms with van der Waals surface area (Å²) in [5, 5.41) is 12.5. The van der Waals surface area contributed by atoms with Gasteiger partial charge in [0.25, 0.3) is 0 Å². The molecule has 2 rings (SSSR count). The predicted molar refractivity (Wildman–Crippen MR) is 112 cm³/mol. The number of carbonyl (C=O) groups excluding carboxylic acids is 1. The molecule has 1 amide bonds. The molecule has 0 spiro atoms. The van der Waals surface area contributed by atoms with E-state index in [-0.39, 0.29) is 11.3 Å². The van der Waals surface area contributed by atoms with Crippen LogP contribution in [0.2, 0.25) is 0 Å². The molecule has 2 aromatic rings. The number of hydrogen-bond acceptors (Lipinski definition) is 5. The highest BCUT2D eigenvalue weighted by molar-refractivity contribution is 7.15. The average Bonchev–Trinajstić information content (AvgIpc) is 3.11. The lowest BCUT2D eigenvalue weighted by Crippen LogP contribution is -2.15. The van der Waals surface area contributed by atoms with E-state index < -0.39 is 0 Å². The van der Waals surface area contributed by atoms with Crippen LogP contribution in [-0.2, 0) is 16.6 Å². The number of nitrogens with one attached hydrogen (secondary N) is 1. The Balaban J connectivity index is 1.69. The maximum Gasteiger partial charge on any atom is 0.226 e. The van der Waals surface area contributed by atoms with Crippen molar-refractivity contribution in [2.24, 2.45) is 0 Å². The maximum absolute atomic E-state index is 12.0. The van der Waals surface area contributed by atoms with Crippen molar-refractivity contribution in [2.45, 2.75) is 71.6 Å². The highest BCUT2D eigenvalue weighted by atomic mass is 32.1. The van der Waals surface area contributed by atoms with Crippen LogP contribution in [0, 0.1) is 0 Å². The minimum Gasteiger partial charge on any atom is -0.494 e. The number of aromatic nitrogens is 2. The fourth-order valence-electron chi connectivity index (χ4n) is 2.54. The number of carbonyl (C=O) groups is 1. The Morgan fingerprint density at radius 3 is 2.56 bits per heavy atom. The number of nitrogens with zero attached hydrogens (tertiary/aromatic N) is 2. The summed E-state index contributed by atoms with van der Waals surface area (Å²) in [6.45, 7) is 9.34. The fourth-order valence-corrected chi connectivity index (χ4v) is 3.34. The quantitative estimate of drug-likeness (QED) is 0.525. The van der Waals surface area contributed by atoms with Gasteiger partial charge in [-0.3, -0.25) is 4.79 Å². The normalized spacial score (nSPS) is 11.4. The first kappa shape index (κ1) is 21.4. The number of benzene rings is 1. The van der Waals surface area contributed by atoms with Crippen molar-refractivity contribution in [3.05, 3.63) is 34.8 Å². The molecule has 0 aliphatic carbocycles. The van der Waals surface area contributed by atoms with E-state index in [9.17, 15) is 4.79 Å². The lowest BCUT2D eigenvalue weighted by molar-refractivity contribution is -0.116. The molecule has 0 saturated heterocycles. The van der Waals surface area contributed by atoms with E-state index in [1.165, 1.54) is 16.9 Å². The van der Waals surface area contributed by atoms with Gasteiger partial charge in [-0.05, 0) is 42.4 Å². The molecule has 1 aromatic carbocycles. The van der Waals surface area contributed by atoms with Crippen LogP contribution in [0.4, 0.5) is 5.13 Å². The molecule has 1 aromatic heterocycles. The molecule has 0 radical (unpaired) electrons. The zero-order valence-corrected chi connectivity index (χ0v) is 17.7. The van der Waals surface area contributed by atoms with Crippen LogP contribution in [0.25, 0.3) is 0 Å². The second-order valence-corrected chi connectivity index (χ2v) is 8.43. The van der Waals surface area contributed by atoms with Crippen LogP contribution in [0.1, 0.15) is 70.4 Å². The Morgan fingerprint density at radius 2 is 1.89 bits per heavy atom. The van der Waals surface area contributed by atoms with Gasteiger partial charge < -0.3 is 10.1 Å². The number of anilines is 1. The molecule has 0 aliphatic rings. The van der Waals surface area contributed by atoms with Gasteiger partial charge in [-0.1, -0.05) is 57.6 Å². The Labute approximate surface area is 166 Å². The summed E-state index contributed by atoms with van der Waals surface area (Å²) in [7, 11) is 0. The molecule has 6 heteroatoms. The lowest BCUT2D eigenvalue weighted by atomic mass is 9.82. The number of unbranched alkanes of at least 4 members (excludes halogenated alkanes) is 1. The van der Waals surface area contributed by atoms with Gasteiger partial charge in [0.05, 0.1) is 6.61 Å². The molecular weight excluding hydrogens is 358 g/mol. The number of aryl methyl sites for hydroxylation is 1. The van der Waals surface area contributed by atoms with Gasteiger partial charge in [0.2, 0.25) is 11.0 Å².